The van der Waals surface area contributed by atoms with E-state index in [0.717, 1.165) is 10.9 Å². The Morgan fingerprint density at radius 2 is 2.00 bits per heavy atom. The molecule has 1 aromatic rings. The minimum absolute atomic E-state index is 0.540. The van der Waals surface area contributed by atoms with E-state index in [1.54, 1.807) is 0 Å². The summed E-state index contributed by atoms with van der Waals surface area (Å²) in [7, 11) is 2.17. The highest BCUT2D eigenvalue weighted by Gasteiger charge is 2.26. The molecule has 1 aliphatic rings. The molecular weight excluding hydrogens is 265 g/mol. The molecule has 18 heavy (non-hydrogen) atoms. The third-order valence-electron chi connectivity index (χ3n) is 4.13. The van der Waals surface area contributed by atoms with Gasteiger partial charge in [0, 0.05) is 29.7 Å². The third-order valence-corrected chi connectivity index (χ3v) is 4.66. The Bertz CT molecular complexity index is 405. The second-order valence-electron chi connectivity index (χ2n) is 5.35. The maximum Gasteiger partial charge on any atom is 0.0494 e. The first-order chi connectivity index (χ1) is 8.63. The maximum atomic E-state index is 6.12. The number of halogens is 2. The first-order valence-electron chi connectivity index (χ1n) is 6.70. The third kappa shape index (κ3) is 2.95. The number of benzene rings is 1. The fraction of sp³-hybridized carbons (Fsp3) is 0.600. The van der Waals surface area contributed by atoms with Crippen molar-refractivity contribution in [2.45, 2.75) is 44.5 Å². The molecular formula is C15H21Cl2N. The van der Waals surface area contributed by atoms with Crippen LogP contribution < -0.4 is 4.90 Å². The molecule has 0 bridgehead atoms. The van der Waals surface area contributed by atoms with Crippen LogP contribution in [0, 0.1) is 5.92 Å². The number of hydrogen-bond donors (Lipinski definition) is 0. The molecule has 0 heterocycles. The average molecular weight is 286 g/mol. The lowest BCUT2D eigenvalue weighted by molar-refractivity contribution is 0.321. The van der Waals surface area contributed by atoms with Gasteiger partial charge in [0.2, 0.25) is 0 Å². The van der Waals surface area contributed by atoms with E-state index in [9.17, 15) is 0 Å². The van der Waals surface area contributed by atoms with Crippen molar-refractivity contribution in [1.82, 2.24) is 0 Å². The van der Waals surface area contributed by atoms with Crippen LogP contribution in [-0.2, 0) is 5.88 Å². The highest BCUT2D eigenvalue weighted by Crippen LogP contribution is 2.33. The van der Waals surface area contributed by atoms with Crippen molar-refractivity contribution in [1.29, 1.82) is 0 Å². The number of nitrogens with zero attached hydrogens (tertiary/aromatic N) is 1. The minimum atomic E-state index is 0.540. The second-order valence-corrected chi connectivity index (χ2v) is 6.05. The van der Waals surface area contributed by atoms with Crippen LogP contribution in [0.3, 0.4) is 0 Å². The first-order valence-corrected chi connectivity index (χ1v) is 7.62. The summed E-state index contributed by atoms with van der Waals surface area (Å²) in [6.07, 6.45) is 5.29. The molecule has 0 spiro atoms. The number of alkyl halides is 1. The Morgan fingerprint density at radius 3 is 2.67 bits per heavy atom. The van der Waals surface area contributed by atoms with E-state index in [0.29, 0.717) is 11.9 Å². The number of rotatable bonds is 3. The predicted molar refractivity (Wildman–Crippen MR) is 80.8 cm³/mol. The number of hydrogen-bond acceptors (Lipinski definition) is 1. The molecule has 100 valence electrons. The Morgan fingerprint density at radius 1 is 1.28 bits per heavy atom. The highest BCUT2D eigenvalue weighted by atomic mass is 35.5. The largest absolute Gasteiger partial charge is 0.371 e. The molecule has 1 saturated carbocycles. The van der Waals surface area contributed by atoms with Gasteiger partial charge in [-0.05, 0) is 36.5 Å². The molecule has 0 saturated heterocycles. The predicted octanol–water partition coefficient (Wildman–Crippen LogP) is 5.09. The van der Waals surface area contributed by atoms with Gasteiger partial charge in [-0.3, -0.25) is 0 Å². The lowest BCUT2D eigenvalue weighted by Crippen LogP contribution is -2.39. The summed E-state index contributed by atoms with van der Waals surface area (Å²) in [6.45, 7) is 2.35. The van der Waals surface area contributed by atoms with E-state index < -0.39 is 0 Å². The Kier molecular flexibility index (Phi) is 4.80. The van der Waals surface area contributed by atoms with E-state index in [-0.39, 0.29) is 0 Å². The molecule has 0 radical (unpaired) electrons. The van der Waals surface area contributed by atoms with E-state index in [1.165, 1.54) is 36.9 Å². The smallest absolute Gasteiger partial charge is 0.0494 e. The van der Waals surface area contributed by atoms with E-state index in [2.05, 4.69) is 18.9 Å². The first kappa shape index (κ1) is 14.0. The van der Waals surface area contributed by atoms with Gasteiger partial charge in [-0.15, -0.1) is 11.6 Å². The fourth-order valence-corrected chi connectivity index (χ4v) is 3.42. The van der Waals surface area contributed by atoms with Gasteiger partial charge in [0.05, 0.1) is 0 Å². The van der Waals surface area contributed by atoms with Crippen LogP contribution in [0.2, 0.25) is 5.02 Å². The Balaban J connectivity index is 2.26. The maximum absolute atomic E-state index is 6.12. The Labute approximate surface area is 120 Å². The molecule has 0 aromatic heterocycles. The molecule has 1 nitrogen and oxygen atoms in total. The normalized spacial score (nSPS) is 24.0. The van der Waals surface area contributed by atoms with Crippen LogP contribution >= 0.6 is 23.2 Å². The zero-order valence-electron chi connectivity index (χ0n) is 11.1. The van der Waals surface area contributed by atoms with Gasteiger partial charge in [0.1, 0.15) is 0 Å². The molecule has 0 amide bonds. The molecule has 0 aliphatic heterocycles. The summed E-state index contributed by atoms with van der Waals surface area (Å²) in [5.74, 6) is 1.28. The fourth-order valence-electron chi connectivity index (χ4n) is 3.03. The molecule has 1 aliphatic carbocycles. The van der Waals surface area contributed by atoms with Crippen molar-refractivity contribution in [2.24, 2.45) is 5.92 Å². The summed E-state index contributed by atoms with van der Waals surface area (Å²) in [6, 6.07) is 6.61. The molecule has 1 fully saturated rings. The molecule has 3 heteroatoms. The lowest BCUT2D eigenvalue weighted by Gasteiger charge is -2.38. The van der Waals surface area contributed by atoms with E-state index in [4.69, 9.17) is 23.2 Å². The standard InChI is InChI=1S/C15H21Cl2N/c1-11-5-3-4-6-14(11)18(2)15-9-13(17)8-7-12(15)10-16/h7-9,11,14H,3-6,10H2,1-2H3. The van der Waals surface area contributed by atoms with Crippen molar-refractivity contribution < 1.29 is 0 Å². The van der Waals surface area contributed by atoms with Crippen LogP contribution in [-0.4, -0.2) is 13.1 Å². The summed E-state index contributed by atoms with van der Waals surface area (Å²) in [5, 5.41) is 0.786. The van der Waals surface area contributed by atoms with Crippen molar-refractivity contribution in [3.8, 4) is 0 Å². The van der Waals surface area contributed by atoms with Crippen molar-refractivity contribution >= 4 is 28.9 Å². The van der Waals surface area contributed by atoms with Crippen LogP contribution in [0.5, 0.6) is 0 Å². The topological polar surface area (TPSA) is 3.24 Å². The van der Waals surface area contributed by atoms with Crippen LogP contribution in [0.15, 0.2) is 18.2 Å². The van der Waals surface area contributed by atoms with E-state index >= 15 is 0 Å². The van der Waals surface area contributed by atoms with Crippen LogP contribution in [0.25, 0.3) is 0 Å². The zero-order valence-corrected chi connectivity index (χ0v) is 12.6. The summed E-state index contributed by atoms with van der Waals surface area (Å²) >= 11 is 12.2. The minimum Gasteiger partial charge on any atom is -0.371 e. The summed E-state index contributed by atoms with van der Waals surface area (Å²) in [5.41, 5.74) is 2.36. The molecule has 2 rings (SSSR count). The summed E-state index contributed by atoms with van der Waals surface area (Å²) < 4.78 is 0. The molecule has 1 aromatic carbocycles. The average Bonchev–Trinajstić information content (AvgIpc) is 2.38. The second kappa shape index (κ2) is 6.16. The van der Waals surface area contributed by atoms with Gasteiger partial charge in [0.15, 0.2) is 0 Å². The zero-order chi connectivity index (χ0) is 13.1. The quantitative estimate of drug-likeness (QED) is 0.699. The molecule has 2 atom stereocenters. The highest BCUT2D eigenvalue weighted by molar-refractivity contribution is 6.31. The van der Waals surface area contributed by atoms with Crippen molar-refractivity contribution in [3.05, 3.63) is 28.8 Å². The van der Waals surface area contributed by atoms with Crippen molar-refractivity contribution in [3.63, 3.8) is 0 Å². The summed E-state index contributed by atoms with van der Waals surface area (Å²) in [4.78, 5) is 2.38. The van der Waals surface area contributed by atoms with Gasteiger partial charge in [0.25, 0.3) is 0 Å². The molecule has 0 N–H and O–H groups in total. The van der Waals surface area contributed by atoms with Gasteiger partial charge < -0.3 is 4.90 Å². The van der Waals surface area contributed by atoms with Crippen LogP contribution in [0.4, 0.5) is 5.69 Å². The van der Waals surface area contributed by atoms with Crippen LogP contribution in [0.1, 0.15) is 38.2 Å². The van der Waals surface area contributed by atoms with Crippen molar-refractivity contribution in [2.75, 3.05) is 11.9 Å². The van der Waals surface area contributed by atoms with Gasteiger partial charge in [-0.25, -0.2) is 0 Å². The van der Waals surface area contributed by atoms with E-state index in [1.807, 2.05) is 18.2 Å². The SMILES string of the molecule is CC1CCCCC1N(C)c1cc(Cl)ccc1CCl. The van der Waals surface area contributed by atoms with Gasteiger partial charge in [-0.2, -0.15) is 0 Å². The molecule has 2 unspecified atom stereocenters. The lowest BCUT2D eigenvalue weighted by atomic mass is 9.84. The number of anilines is 1. The monoisotopic (exact) mass is 285 g/mol. The van der Waals surface area contributed by atoms with Gasteiger partial charge in [-0.1, -0.05) is 37.4 Å². The van der Waals surface area contributed by atoms with Gasteiger partial charge >= 0.3 is 0 Å². The Hall–Kier alpha value is -0.400.